The van der Waals surface area contributed by atoms with Crippen molar-refractivity contribution in [2.75, 3.05) is 31.5 Å². The molecule has 28 heavy (non-hydrogen) atoms. The second-order valence-electron chi connectivity index (χ2n) is 7.62. The van der Waals surface area contributed by atoms with Crippen LogP contribution in [0, 0.1) is 11.3 Å². The molecular formula is C21H24FN5O. The Balaban J connectivity index is 1.31. The molecule has 2 aromatic rings. The number of piperidine rings is 1. The lowest BCUT2D eigenvalue weighted by Gasteiger charge is -2.33. The van der Waals surface area contributed by atoms with E-state index in [2.05, 4.69) is 27.3 Å². The third kappa shape index (κ3) is 3.92. The lowest BCUT2D eigenvalue weighted by atomic mass is 10.0. The molecule has 0 bridgehead atoms. The van der Waals surface area contributed by atoms with E-state index in [-0.39, 0.29) is 25.4 Å². The molecule has 2 atom stereocenters. The van der Waals surface area contributed by atoms with Crippen LogP contribution < -0.4 is 5.32 Å². The van der Waals surface area contributed by atoms with E-state index < -0.39 is 12.2 Å². The molecule has 3 heterocycles. The van der Waals surface area contributed by atoms with Crippen LogP contribution >= 0.6 is 0 Å². The number of hydrogen-bond donors (Lipinski definition) is 1. The number of halogens is 1. The van der Waals surface area contributed by atoms with E-state index in [0.717, 1.165) is 42.4 Å². The topological polar surface area (TPSA) is 72.3 Å². The van der Waals surface area contributed by atoms with Gasteiger partial charge in [0, 0.05) is 49.0 Å². The summed E-state index contributed by atoms with van der Waals surface area (Å²) < 4.78 is 13.5. The number of carbonyl (C=O) groups excluding carboxylic acids is 1. The van der Waals surface area contributed by atoms with Gasteiger partial charge in [-0.1, -0.05) is 12.1 Å². The Morgan fingerprint density at radius 1 is 1.32 bits per heavy atom. The van der Waals surface area contributed by atoms with E-state index in [9.17, 15) is 9.18 Å². The van der Waals surface area contributed by atoms with Crippen LogP contribution in [0.5, 0.6) is 0 Å². The molecular weight excluding hydrogens is 357 g/mol. The number of nitrogens with one attached hydrogen (secondary N) is 1. The largest absolute Gasteiger partial charge is 0.382 e. The summed E-state index contributed by atoms with van der Waals surface area (Å²) >= 11 is 0. The van der Waals surface area contributed by atoms with Crippen LogP contribution in [0.2, 0.25) is 0 Å². The Morgan fingerprint density at radius 2 is 2.14 bits per heavy atom. The fourth-order valence-corrected chi connectivity index (χ4v) is 4.16. The first kappa shape index (κ1) is 18.6. The summed E-state index contributed by atoms with van der Waals surface area (Å²) in [5.41, 5.74) is 1.09. The van der Waals surface area contributed by atoms with Crippen molar-refractivity contribution in [1.82, 2.24) is 14.8 Å². The Kier molecular flexibility index (Phi) is 5.40. The number of amides is 1. The molecule has 6 nitrogen and oxygen atoms in total. The van der Waals surface area contributed by atoms with Gasteiger partial charge in [0.2, 0.25) is 5.91 Å². The number of anilines is 1. The van der Waals surface area contributed by atoms with Gasteiger partial charge in [-0.05, 0) is 30.4 Å². The number of nitriles is 1. The Morgan fingerprint density at radius 3 is 2.93 bits per heavy atom. The highest BCUT2D eigenvalue weighted by Gasteiger charge is 2.36. The molecule has 0 spiro atoms. The maximum absolute atomic E-state index is 13.5. The van der Waals surface area contributed by atoms with Gasteiger partial charge in [-0.3, -0.25) is 14.7 Å². The summed E-state index contributed by atoms with van der Waals surface area (Å²) in [4.78, 5) is 20.2. The summed E-state index contributed by atoms with van der Waals surface area (Å²) in [6.07, 6.45) is 4.58. The number of fused-ring (bicyclic) bond motifs is 1. The molecule has 0 aliphatic carbocycles. The van der Waals surface area contributed by atoms with Gasteiger partial charge >= 0.3 is 0 Å². The third-order valence-electron chi connectivity index (χ3n) is 5.71. The van der Waals surface area contributed by atoms with Gasteiger partial charge in [-0.15, -0.1) is 0 Å². The average molecular weight is 381 g/mol. The third-order valence-corrected chi connectivity index (χ3v) is 5.71. The average Bonchev–Trinajstić information content (AvgIpc) is 3.11. The van der Waals surface area contributed by atoms with Crippen molar-refractivity contribution >= 4 is 22.4 Å². The van der Waals surface area contributed by atoms with Gasteiger partial charge in [0.25, 0.3) is 0 Å². The van der Waals surface area contributed by atoms with Gasteiger partial charge in [0.1, 0.15) is 12.2 Å². The Hall–Kier alpha value is -2.72. The van der Waals surface area contributed by atoms with Crippen molar-refractivity contribution in [1.29, 1.82) is 5.26 Å². The number of pyridine rings is 1. The summed E-state index contributed by atoms with van der Waals surface area (Å²) in [7, 11) is 0. The molecule has 1 amide bonds. The van der Waals surface area contributed by atoms with E-state index in [1.54, 1.807) is 6.20 Å². The number of nitrogens with zero attached hydrogens (tertiary/aromatic N) is 4. The highest BCUT2D eigenvalue weighted by molar-refractivity contribution is 5.93. The maximum atomic E-state index is 13.5. The first-order valence-electron chi connectivity index (χ1n) is 9.79. The second kappa shape index (κ2) is 8.11. The standard InChI is InChI=1S/C21H24FN5O/c22-16-10-18(11-23)27(13-16)21(28)14-26-8-5-17(6-9-26)25-20-3-1-2-15-4-7-24-12-19(15)20/h1-4,7,12,16-18,25H,5-6,8-10,13-14H2/t16-,18-/m0/s1. The molecule has 146 valence electrons. The molecule has 4 rings (SSSR count). The summed E-state index contributed by atoms with van der Waals surface area (Å²) in [6, 6.07) is 9.95. The van der Waals surface area contributed by atoms with E-state index in [1.165, 1.54) is 4.90 Å². The number of rotatable bonds is 4. The van der Waals surface area contributed by atoms with Crippen LogP contribution in [-0.4, -0.2) is 65.1 Å². The molecule has 1 N–H and O–H groups in total. The van der Waals surface area contributed by atoms with Crippen LogP contribution in [0.15, 0.2) is 36.7 Å². The minimum atomic E-state index is -1.08. The fraction of sp³-hybridized carbons (Fsp3) is 0.476. The van der Waals surface area contributed by atoms with Gasteiger partial charge in [-0.25, -0.2) is 4.39 Å². The highest BCUT2D eigenvalue weighted by atomic mass is 19.1. The van der Waals surface area contributed by atoms with Crippen LogP contribution in [0.25, 0.3) is 10.8 Å². The molecule has 0 unspecified atom stereocenters. The van der Waals surface area contributed by atoms with E-state index in [1.807, 2.05) is 24.4 Å². The first-order valence-corrected chi connectivity index (χ1v) is 9.79. The molecule has 7 heteroatoms. The van der Waals surface area contributed by atoms with Gasteiger partial charge < -0.3 is 10.2 Å². The minimum absolute atomic E-state index is 0.0458. The molecule has 1 aromatic heterocycles. The monoisotopic (exact) mass is 381 g/mol. The summed E-state index contributed by atoms with van der Waals surface area (Å²) in [6.45, 7) is 1.91. The van der Waals surface area contributed by atoms with Crippen molar-refractivity contribution in [3.63, 3.8) is 0 Å². The zero-order valence-corrected chi connectivity index (χ0v) is 15.7. The predicted molar refractivity (Wildman–Crippen MR) is 105 cm³/mol. The second-order valence-corrected chi connectivity index (χ2v) is 7.62. The van der Waals surface area contributed by atoms with Crippen molar-refractivity contribution in [3.05, 3.63) is 36.7 Å². The SMILES string of the molecule is N#C[C@@H]1C[C@H](F)CN1C(=O)CN1CCC(Nc2cccc3ccncc23)CC1. The maximum Gasteiger partial charge on any atom is 0.237 e. The molecule has 2 aliphatic rings. The van der Waals surface area contributed by atoms with Crippen molar-refractivity contribution in [2.24, 2.45) is 0 Å². The summed E-state index contributed by atoms with van der Waals surface area (Å²) in [5, 5.41) is 15.0. The lowest BCUT2D eigenvalue weighted by Crippen LogP contribution is -2.46. The Labute approximate surface area is 163 Å². The molecule has 0 saturated carbocycles. The Bertz CT molecular complexity index is 884. The molecule has 2 fully saturated rings. The quantitative estimate of drug-likeness (QED) is 0.881. The van der Waals surface area contributed by atoms with Crippen molar-refractivity contribution in [2.45, 2.75) is 37.5 Å². The number of benzene rings is 1. The lowest BCUT2D eigenvalue weighted by molar-refractivity contribution is -0.132. The zero-order chi connectivity index (χ0) is 19.5. The molecule has 0 radical (unpaired) electrons. The summed E-state index contributed by atoms with van der Waals surface area (Å²) in [5.74, 6) is -0.141. The molecule has 2 aliphatic heterocycles. The first-order chi connectivity index (χ1) is 13.6. The molecule has 1 aromatic carbocycles. The van der Waals surface area contributed by atoms with Crippen LogP contribution in [0.4, 0.5) is 10.1 Å². The van der Waals surface area contributed by atoms with E-state index >= 15 is 0 Å². The van der Waals surface area contributed by atoms with Crippen LogP contribution in [0.1, 0.15) is 19.3 Å². The van der Waals surface area contributed by atoms with Crippen LogP contribution in [-0.2, 0) is 4.79 Å². The predicted octanol–water partition coefficient (Wildman–Crippen LogP) is 2.57. The van der Waals surface area contributed by atoms with E-state index in [4.69, 9.17) is 5.26 Å². The van der Waals surface area contributed by atoms with Crippen molar-refractivity contribution < 1.29 is 9.18 Å². The van der Waals surface area contributed by atoms with Gasteiger partial charge in [0.05, 0.1) is 19.2 Å². The number of hydrogen-bond acceptors (Lipinski definition) is 5. The van der Waals surface area contributed by atoms with Crippen LogP contribution in [0.3, 0.4) is 0 Å². The molecule has 2 saturated heterocycles. The highest BCUT2D eigenvalue weighted by Crippen LogP contribution is 2.25. The minimum Gasteiger partial charge on any atom is -0.382 e. The number of aromatic nitrogens is 1. The smallest absolute Gasteiger partial charge is 0.237 e. The zero-order valence-electron chi connectivity index (χ0n) is 15.7. The van der Waals surface area contributed by atoms with Gasteiger partial charge in [0.15, 0.2) is 0 Å². The number of carbonyl (C=O) groups is 1. The normalized spacial score (nSPS) is 23.6. The number of likely N-dealkylation sites (tertiary alicyclic amines) is 2. The number of alkyl halides is 1. The van der Waals surface area contributed by atoms with E-state index in [0.29, 0.717) is 6.04 Å². The van der Waals surface area contributed by atoms with Crippen molar-refractivity contribution in [3.8, 4) is 6.07 Å². The van der Waals surface area contributed by atoms with Gasteiger partial charge in [-0.2, -0.15) is 5.26 Å². The fourth-order valence-electron chi connectivity index (χ4n) is 4.16.